The molecule has 2 nitrogen and oxygen atoms in total. The van der Waals surface area contributed by atoms with Crippen LogP contribution in [-0.4, -0.2) is 10.2 Å². The minimum atomic E-state index is -0.194. The number of hydrogen-bond acceptors (Lipinski definition) is 2. The second-order valence-corrected chi connectivity index (χ2v) is 4.87. The van der Waals surface area contributed by atoms with Gasteiger partial charge in [0, 0.05) is 5.41 Å². The fourth-order valence-corrected chi connectivity index (χ4v) is 1.93. The lowest BCUT2D eigenvalue weighted by Gasteiger charge is -2.15. The zero-order chi connectivity index (χ0) is 12.5. The molecule has 0 aliphatic heterocycles. The molecule has 1 aromatic rings. The number of phenols is 1. The lowest BCUT2D eigenvalue weighted by molar-refractivity contribution is 0.419. The smallest absolute Gasteiger partial charge is 0.115 e. The van der Waals surface area contributed by atoms with Crippen molar-refractivity contribution in [3.05, 3.63) is 59.9 Å². The SMILES string of the molecule is CC1(C)C=C(O)C=CC(c2ccc(O)cc2)=C1. The average molecular weight is 228 g/mol. The normalized spacial score (nSPS) is 18.2. The van der Waals surface area contributed by atoms with Crippen LogP contribution in [-0.2, 0) is 0 Å². The van der Waals surface area contributed by atoms with Crippen LogP contribution >= 0.6 is 0 Å². The number of phenolic OH excluding ortho intramolecular Hbond substituents is 1. The standard InChI is InChI=1S/C15H16O2/c1-15(2)9-12(5-8-14(17)10-15)11-3-6-13(16)7-4-11/h3-10,16-17H,1-2H3. The predicted molar refractivity (Wildman–Crippen MR) is 69.7 cm³/mol. The fraction of sp³-hybridized carbons (Fsp3) is 0.200. The van der Waals surface area contributed by atoms with E-state index in [2.05, 4.69) is 6.08 Å². The van der Waals surface area contributed by atoms with Gasteiger partial charge in [0.2, 0.25) is 0 Å². The van der Waals surface area contributed by atoms with Gasteiger partial charge in [-0.15, -0.1) is 0 Å². The maximum absolute atomic E-state index is 9.63. The lowest BCUT2D eigenvalue weighted by atomic mass is 9.89. The average Bonchev–Trinajstić information content (AvgIpc) is 2.37. The molecule has 88 valence electrons. The Hall–Kier alpha value is -1.96. The second-order valence-electron chi connectivity index (χ2n) is 4.87. The molecule has 1 aliphatic carbocycles. The molecule has 0 atom stereocenters. The maximum Gasteiger partial charge on any atom is 0.115 e. The van der Waals surface area contributed by atoms with Crippen molar-refractivity contribution in [2.45, 2.75) is 13.8 Å². The van der Waals surface area contributed by atoms with Crippen molar-refractivity contribution < 1.29 is 10.2 Å². The van der Waals surface area contributed by atoms with E-state index in [4.69, 9.17) is 0 Å². The summed E-state index contributed by atoms with van der Waals surface area (Å²) in [4.78, 5) is 0. The van der Waals surface area contributed by atoms with Gasteiger partial charge in [-0.25, -0.2) is 0 Å². The van der Waals surface area contributed by atoms with Gasteiger partial charge in [0.15, 0.2) is 0 Å². The highest BCUT2D eigenvalue weighted by atomic mass is 16.3. The number of aliphatic hydroxyl groups excluding tert-OH is 1. The van der Waals surface area contributed by atoms with E-state index in [9.17, 15) is 10.2 Å². The molecule has 0 unspecified atom stereocenters. The molecule has 0 heterocycles. The topological polar surface area (TPSA) is 40.5 Å². The van der Waals surface area contributed by atoms with Gasteiger partial charge in [0.25, 0.3) is 0 Å². The number of rotatable bonds is 1. The third-order valence-corrected chi connectivity index (χ3v) is 2.68. The number of aliphatic hydroxyl groups is 1. The summed E-state index contributed by atoms with van der Waals surface area (Å²) in [6.07, 6.45) is 7.48. The summed E-state index contributed by atoms with van der Waals surface area (Å²) in [5.41, 5.74) is 1.87. The Kier molecular flexibility index (Phi) is 2.80. The maximum atomic E-state index is 9.63. The van der Waals surface area contributed by atoms with Gasteiger partial charge in [-0.05, 0) is 35.4 Å². The van der Waals surface area contributed by atoms with Gasteiger partial charge >= 0.3 is 0 Å². The van der Waals surface area contributed by atoms with E-state index in [0.29, 0.717) is 0 Å². The number of hydrogen-bond donors (Lipinski definition) is 2. The Morgan fingerprint density at radius 2 is 1.53 bits per heavy atom. The van der Waals surface area contributed by atoms with Crippen LogP contribution < -0.4 is 0 Å². The van der Waals surface area contributed by atoms with Crippen LogP contribution in [0.1, 0.15) is 19.4 Å². The monoisotopic (exact) mass is 228 g/mol. The van der Waals surface area contributed by atoms with Crippen molar-refractivity contribution in [3.63, 3.8) is 0 Å². The third-order valence-electron chi connectivity index (χ3n) is 2.68. The van der Waals surface area contributed by atoms with Crippen LogP contribution in [0.3, 0.4) is 0 Å². The van der Waals surface area contributed by atoms with E-state index in [-0.39, 0.29) is 16.9 Å². The van der Waals surface area contributed by atoms with Crippen LogP contribution in [0.4, 0.5) is 0 Å². The second kappa shape index (κ2) is 4.13. The van der Waals surface area contributed by atoms with Crippen molar-refractivity contribution in [2.75, 3.05) is 0 Å². The van der Waals surface area contributed by atoms with Crippen molar-refractivity contribution in [1.29, 1.82) is 0 Å². The van der Waals surface area contributed by atoms with Gasteiger partial charge in [0.1, 0.15) is 11.5 Å². The van der Waals surface area contributed by atoms with Crippen LogP contribution in [0.15, 0.2) is 54.3 Å². The van der Waals surface area contributed by atoms with Crippen LogP contribution in [0.2, 0.25) is 0 Å². The molecule has 2 heteroatoms. The first kappa shape index (κ1) is 11.5. The largest absolute Gasteiger partial charge is 0.508 e. The summed E-state index contributed by atoms with van der Waals surface area (Å²) in [5, 5.41) is 18.9. The highest BCUT2D eigenvalue weighted by Crippen LogP contribution is 2.30. The molecule has 0 saturated carbocycles. The summed E-state index contributed by atoms with van der Waals surface area (Å²) < 4.78 is 0. The Balaban J connectivity index is 2.43. The molecule has 17 heavy (non-hydrogen) atoms. The van der Waals surface area contributed by atoms with Crippen molar-refractivity contribution in [2.24, 2.45) is 5.41 Å². The predicted octanol–water partition coefficient (Wildman–Crippen LogP) is 3.81. The quantitative estimate of drug-likeness (QED) is 0.767. The van der Waals surface area contributed by atoms with Crippen LogP contribution in [0.5, 0.6) is 5.75 Å². The van der Waals surface area contributed by atoms with Gasteiger partial charge in [-0.3, -0.25) is 0 Å². The molecule has 0 bridgehead atoms. The molecule has 1 aromatic carbocycles. The molecule has 0 fully saturated rings. The molecule has 2 N–H and O–H groups in total. The Bertz CT molecular complexity index is 502. The molecule has 0 aromatic heterocycles. The molecule has 1 aliphatic rings. The fourth-order valence-electron chi connectivity index (χ4n) is 1.93. The molecular formula is C15H16O2. The van der Waals surface area contributed by atoms with Crippen LogP contribution in [0.25, 0.3) is 5.57 Å². The van der Waals surface area contributed by atoms with Gasteiger partial charge in [-0.1, -0.05) is 38.1 Å². The van der Waals surface area contributed by atoms with Gasteiger partial charge < -0.3 is 10.2 Å². The van der Waals surface area contributed by atoms with Gasteiger partial charge in [-0.2, -0.15) is 0 Å². The Morgan fingerprint density at radius 3 is 2.18 bits per heavy atom. The first-order chi connectivity index (χ1) is 7.96. The van der Waals surface area contributed by atoms with E-state index < -0.39 is 0 Å². The molecule has 0 saturated heterocycles. The summed E-state index contributed by atoms with van der Waals surface area (Å²) in [6, 6.07) is 7.05. The van der Waals surface area contributed by atoms with E-state index in [1.165, 1.54) is 0 Å². The third kappa shape index (κ3) is 2.78. The van der Waals surface area contributed by atoms with E-state index in [0.717, 1.165) is 11.1 Å². The van der Waals surface area contributed by atoms with Gasteiger partial charge in [0.05, 0.1) is 0 Å². The number of allylic oxidation sites excluding steroid dienone is 5. The van der Waals surface area contributed by atoms with E-state index >= 15 is 0 Å². The summed E-state index contributed by atoms with van der Waals surface area (Å²) in [6.45, 7) is 4.08. The highest BCUT2D eigenvalue weighted by molar-refractivity contribution is 5.76. The molecule has 2 rings (SSSR count). The highest BCUT2D eigenvalue weighted by Gasteiger charge is 2.16. The molecule has 0 amide bonds. The van der Waals surface area contributed by atoms with E-state index in [1.54, 1.807) is 18.2 Å². The van der Waals surface area contributed by atoms with Crippen molar-refractivity contribution in [1.82, 2.24) is 0 Å². The number of aromatic hydroxyl groups is 1. The Morgan fingerprint density at radius 1 is 0.882 bits per heavy atom. The minimum absolute atomic E-state index is 0.194. The first-order valence-electron chi connectivity index (χ1n) is 5.58. The Labute approximate surface area is 101 Å². The van der Waals surface area contributed by atoms with Crippen LogP contribution in [0, 0.1) is 5.41 Å². The zero-order valence-electron chi connectivity index (χ0n) is 10.0. The van der Waals surface area contributed by atoms with E-state index in [1.807, 2.05) is 38.1 Å². The lowest BCUT2D eigenvalue weighted by Crippen LogP contribution is -2.03. The van der Waals surface area contributed by atoms with Crippen molar-refractivity contribution in [3.8, 4) is 5.75 Å². The molecular weight excluding hydrogens is 212 g/mol. The van der Waals surface area contributed by atoms with Crippen molar-refractivity contribution >= 4 is 5.57 Å². The summed E-state index contributed by atoms with van der Waals surface area (Å²) in [5.74, 6) is 0.534. The zero-order valence-corrected chi connectivity index (χ0v) is 10.0. The minimum Gasteiger partial charge on any atom is -0.508 e. The molecule has 0 radical (unpaired) electrons. The first-order valence-corrected chi connectivity index (χ1v) is 5.58. The summed E-state index contributed by atoms with van der Waals surface area (Å²) >= 11 is 0. The number of benzene rings is 1. The molecule has 0 spiro atoms. The summed E-state index contributed by atoms with van der Waals surface area (Å²) in [7, 11) is 0.